The van der Waals surface area contributed by atoms with Gasteiger partial charge < -0.3 is 5.32 Å². The minimum atomic E-state index is -0.0864. The first-order chi connectivity index (χ1) is 14.6. The first-order valence-electron chi connectivity index (χ1n) is 9.78. The monoisotopic (exact) mass is 451 g/mol. The van der Waals surface area contributed by atoms with Crippen molar-refractivity contribution in [2.75, 3.05) is 11.9 Å². The van der Waals surface area contributed by atoms with Gasteiger partial charge >= 0.3 is 0 Å². The van der Waals surface area contributed by atoms with Crippen LogP contribution in [0.2, 0.25) is 5.02 Å². The molecule has 1 unspecified atom stereocenters. The van der Waals surface area contributed by atoms with Gasteiger partial charge in [-0.2, -0.15) is 0 Å². The third kappa shape index (κ3) is 5.04. The lowest BCUT2D eigenvalue weighted by atomic mass is 9.99. The molecule has 1 aliphatic heterocycles. The number of hydrogen-bond acceptors (Lipinski definition) is 3. The molecule has 1 heterocycles. The Hall–Kier alpha value is -2.34. The maximum Gasteiger partial charge on any atom is 0.179 e. The molecule has 1 aliphatic rings. The number of anilines is 1. The standard InChI is InChI=1S/C24H22ClN3S2/c1-17-16-28(23(29)26-21-14-8-13-20(25)15-21)24(30-17)27-22(18-9-4-2-5-10-18)19-11-6-3-7-12-19/h2-15,17,22H,16H2,1H3,(H,26,29)/b27-24+. The SMILES string of the molecule is CC1CN(C(=S)Nc2cccc(Cl)c2)/C(=N\C(c2ccccc2)c2ccccc2)S1. The van der Waals surface area contributed by atoms with Crippen LogP contribution in [-0.4, -0.2) is 27.0 Å². The number of nitrogens with zero attached hydrogens (tertiary/aromatic N) is 2. The first kappa shape index (κ1) is 20.9. The van der Waals surface area contributed by atoms with Crippen molar-refractivity contribution >= 4 is 51.5 Å². The van der Waals surface area contributed by atoms with E-state index in [0.29, 0.717) is 15.4 Å². The van der Waals surface area contributed by atoms with E-state index >= 15 is 0 Å². The molecule has 152 valence electrons. The van der Waals surface area contributed by atoms with Crippen molar-refractivity contribution in [3.8, 4) is 0 Å². The zero-order valence-electron chi connectivity index (χ0n) is 16.5. The fourth-order valence-corrected chi connectivity index (χ4v) is 4.94. The number of thiocarbonyl (C=S) groups is 1. The summed E-state index contributed by atoms with van der Waals surface area (Å²) in [7, 11) is 0. The smallest absolute Gasteiger partial charge is 0.179 e. The Kier molecular flexibility index (Phi) is 6.72. The minimum Gasteiger partial charge on any atom is -0.332 e. The number of rotatable bonds is 4. The molecule has 0 spiro atoms. The predicted molar refractivity (Wildman–Crippen MR) is 134 cm³/mol. The molecule has 30 heavy (non-hydrogen) atoms. The third-order valence-electron chi connectivity index (χ3n) is 4.77. The largest absolute Gasteiger partial charge is 0.332 e. The Balaban J connectivity index is 1.65. The Morgan fingerprint density at radius 2 is 1.67 bits per heavy atom. The van der Waals surface area contributed by atoms with Crippen molar-refractivity contribution in [2.45, 2.75) is 18.2 Å². The zero-order chi connectivity index (χ0) is 20.9. The highest BCUT2D eigenvalue weighted by Gasteiger charge is 2.30. The molecule has 1 atom stereocenters. The first-order valence-corrected chi connectivity index (χ1v) is 11.4. The van der Waals surface area contributed by atoms with Crippen molar-refractivity contribution in [3.05, 3.63) is 101 Å². The lowest BCUT2D eigenvalue weighted by molar-refractivity contribution is 0.634. The molecule has 0 radical (unpaired) electrons. The van der Waals surface area contributed by atoms with Crippen LogP contribution in [-0.2, 0) is 0 Å². The van der Waals surface area contributed by atoms with E-state index in [1.165, 1.54) is 0 Å². The van der Waals surface area contributed by atoms with Gasteiger partial charge in [0.1, 0.15) is 6.04 Å². The van der Waals surface area contributed by atoms with Crippen molar-refractivity contribution < 1.29 is 0 Å². The lowest BCUT2D eigenvalue weighted by Gasteiger charge is -2.22. The summed E-state index contributed by atoms with van der Waals surface area (Å²) in [4.78, 5) is 7.27. The van der Waals surface area contributed by atoms with E-state index in [0.717, 1.165) is 28.5 Å². The predicted octanol–water partition coefficient (Wildman–Crippen LogP) is 6.62. The summed E-state index contributed by atoms with van der Waals surface area (Å²) in [5.41, 5.74) is 3.19. The van der Waals surface area contributed by atoms with E-state index in [4.69, 9.17) is 28.8 Å². The van der Waals surface area contributed by atoms with E-state index in [1.807, 2.05) is 36.4 Å². The lowest BCUT2D eigenvalue weighted by Crippen LogP contribution is -2.36. The molecule has 4 rings (SSSR count). The number of hydrogen-bond donors (Lipinski definition) is 1. The molecule has 0 amide bonds. The van der Waals surface area contributed by atoms with Crippen LogP contribution in [0.25, 0.3) is 0 Å². The Morgan fingerprint density at radius 1 is 1.03 bits per heavy atom. The highest BCUT2D eigenvalue weighted by Crippen LogP contribution is 2.32. The molecule has 3 nitrogen and oxygen atoms in total. The van der Waals surface area contributed by atoms with Crippen LogP contribution in [0, 0.1) is 0 Å². The molecule has 1 saturated heterocycles. The maximum absolute atomic E-state index is 6.12. The number of thioether (sulfide) groups is 1. The van der Waals surface area contributed by atoms with Crippen molar-refractivity contribution in [2.24, 2.45) is 4.99 Å². The summed E-state index contributed by atoms with van der Waals surface area (Å²) in [5, 5.41) is 5.94. The Labute approximate surface area is 192 Å². The van der Waals surface area contributed by atoms with Gasteiger partial charge in [-0.1, -0.05) is 97.0 Å². The van der Waals surface area contributed by atoms with Gasteiger partial charge in [0.05, 0.1) is 0 Å². The molecular weight excluding hydrogens is 430 g/mol. The van der Waals surface area contributed by atoms with Crippen LogP contribution < -0.4 is 5.32 Å². The Morgan fingerprint density at radius 3 is 2.27 bits per heavy atom. The summed E-state index contributed by atoms with van der Waals surface area (Å²) in [5.74, 6) is 0. The van der Waals surface area contributed by atoms with Gasteiger partial charge in [0.25, 0.3) is 0 Å². The minimum absolute atomic E-state index is 0.0864. The molecule has 0 aromatic heterocycles. The van der Waals surface area contributed by atoms with Gasteiger partial charge in [-0.15, -0.1) is 0 Å². The van der Waals surface area contributed by atoms with Crippen LogP contribution in [0.1, 0.15) is 24.1 Å². The second kappa shape index (κ2) is 9.65. The number of benzene rings is 3. The van der Waals surface area contributed by atoms with Gasteiger partial charge in [0, 0.05) is 22.5 Å². The van der Waals surface area contributed by atoms with Gasteiger partial charge in [0.2, 0.25) is 0 Å². The molecule has 6 heteroatoms. The molecule has 0 aliphatic carbocycles. The fourth-order valence-electron chi connectivity index (χ4n) is 3.37. The average molecular weight is 452 g/mol. The second-order valence-corrected chi connectivity index (χ2v) is 9.34. The van der Waals surface area contributed by atoms with E-state index in [9.17, 15) is 0 Å². The number of halogens is 1. The fraction of sp³-hybridized carbons (Fsp3) is 0.167. The summed E-state index contributed by atoms with van der Waals surface area (Å²) >= 11 is 13.6. The number of nitrogens with one attached hydrogen (secondary N) is 1. The summed E-state index contributed by atoms with van der Waals surface area (Å²) in [6.07, 6.45) is 0. The van der Waals surface area contributed by atoms with Crippen LogP contribution in [0.3, 0.4) is 0 Å². The number of amidine groups is 1. The molecule has 0 bridgehead atoms. The quantitative estimate of drug-likeness (QED) is 0.451. The van der Waals surface area contributed by atoms with Crippen LogP contribution >= 0.6 is 35.6 Å². The van der Waals surface area contributed by atoms with E-state index in [1.54, 1.807) is 11.8 Å². The topological polar surface area (TPSA) is 27.6 Å². The highest BCUT2D eigenvalue weighted by atomic mass is 35.5. The molecule has 3 aromatic rings. The summed E-state index contributed by atoms with van der Waals surface area (Å²) < 4.78 is 0. The van der Waals surface area contributed by atoms with Gasteiger partial charge in [-0.05, 0) is 41.5 Å². The normalized spacial score (nSPS) is 17.5. The molecule has 1 N–H and O–H groups in total. The van der Waals surface area contributed by atoms with Crippen LogP contribution in [0.4, 0.5) is 5.69 Å². The second-order valence-electron chi connectivity index (χ2n) is 7.12. The zero-order valence-corrected chi connectivity index (χ0v) is 18.9. The van der Waals surface area contributed by atoms with Crippen molar-refractivity contribution in [1.82, 2.24) is 4.90 Å². The van der Waals surface area contributed by atoms with E-state index in [2.05, 4.69) is 65.7 Å². The molecule has 0 saturated carbocycles. The highest BCUT2D eigenvalue weighted by molar-refractivity contribution is 8.14. The maximum atomic E-state index is 6.12. The molecule has 3 aromatic carbocycles. The summed E-state index contributed by atoms with van der Waals surface area (Å²) in [6, 6.07) is 28.3. The van der Waals surface area contributed by atoms with Gasteiger partial charge in [-0.3, -0.25) is 4.90 Å². The van der Waals surface area contributed by atoms with Crippen LogP contribution in [0.5, 0.6) is 0 Å². The van der Waals surface area contributed by atoms with Gasteiger partial charge in [-0.25, -0.2) is 4.99 Å². The molecular formula is C24H22ClN3S2. The Bertz CT molecular complexity index is 1000. The number of aliphatic imine (C=N–C) groups is 1. The molecule has 1 fully saturated rings. The third-order valence-corrected chi connectivity index (χ3v) is 6.41. The van der Waals surface area contributed by atoms with Gasteiger partial charge in [0.15, 0.2) is 10.3 Å². The van der Waals surface area contributed by atoms with Crippen LogP contribution in [0.15, 0.2) is 89.9 Å². The van der Waals surface area contributed by atoms with E-state index in [-0.39, 0.29) is 6.04 Å². The average Bonchev–Trinajstić information content (AvgIpc) is 3.14. The van der Waals surface area contributed by atoms with Crippen molar-refractivity contribution in [1.29, 1.82) is 0 Å². The summed E-state index contributed by atoms with van der Waals surface area (Å²) in [6.45, 7) is 3.01. The van der Waals surface area contributed by atoms with E-state index < -0.39 is 0 Å². The van der Waals surface area contributed by atoms with Crippen molar-refractivity contribution in [3.63, 3.8) is 0 Å².